The molecule has 4 N–H and O–H groups in total. The number of nitrogens with two attached hydrogens (primary N) is 1. The molecule has 0 saturated carbocycles. The molecular formula is C27H31F2N9. The fourth-order valence-electron chi connectivity index (χ4n) is 5.03. The van der Waals surface area contributed by atoms with Gasteiger partial charge in [-0.15, -0.1) is 0 Å². The third-order valence-electron chi connectivity index (χ3n) is 6.75. The van der Waals surface area contributed by atoms with Gasteiger partial charge in [0.15, 0.2) is 11.6 Å². The number of hydrogen-bond donors (Lipinski definition) is 3. The van der Waals surface area contributed by atoms with E-state index in [2.05, 4.69) is 25.2 Å². The van der Waals surface area contributed by atoms with E-state index in [0.717, 1.165) is 49.9 Å². The first-order valence-electron chi connectivity index (χ1n) is 12.7. The number of amidine groups is 1. The van der Waals surface area contributed by atoms with Crippen LogP contribution in [0.2, 0.25) is 0 Å². The number of aryl methyl sites for hydroxylation is 1. The van der Waals surface area contributed by atoms with Crippen molar-refractivity contribution in [1.82, 2.24) is 29.4 Å². The molecule has 0 aliphatic carbocycles. The van der Waals surface area contributed by atoms with E-state index in [9.17, 15) is 8.78 Å². The first-order chi connectivity index (χ1) is 18.2. The van der Waals surface area contributed by atoms with Crippen LogP contribution < -0.4 is 11.1 Å². The number of anilines is 2. The van der Waals surface area contributed by atoms with Crippen molar-refractivity contribution in [3.8, 4) is 11.3 Å². The highest BCUT2D eigenvalue weighted by Gasteiger charge is 2.20. The van der Waals surface area contributed by atoms with Crippen molar-refractivity contribution in [2.45, 2.75) is 52.6 Å². The van der Waals surface area contributed by atoms with Crippen LogP contribution in [0.1, 0.15) is 49.8 Å². The number of imidazole rings is 1. The summed E-state index contributed by atoms with van der Waals surface area (Å²) in [5, 5.41) is 10.4. The van der Waals surface area contributed by atoms with E-state index in [1.54, 1.807) is 6.07 Å². The van der Waals surface area contributed by atoms with Crippen LogP contribution in [0.4, 0.5) is 20.5 Å². The maximum Gasteiger partial charge on any atom is 0.229 e. The molecule has 0 fully saturated rings. The Bertz CT molecular complexity index is 1510. The van der Waals surface area contributed by atoms with Crippen LogP contribution in [0.15, 0.2) is 30.5 Å². The third-order valence-corrected chi connectivity index (χ3v) is 6.75. The molecule has 5 rings (SSSR count). The van der Waals surface area contributed by atoms with Gasteiger partial charge in [0.25, 0.3) is 0 Å². The lowest BCUT2D eigenvalue weighted by molar-refractivity contribution is 0.250. The van der Waals surface area contributed by atoms with Crippen molar-refractivity contribution in [3.63, 3.8) is 0 Å². The standard InChI is InChI=1S/C27H31F2N9/c1-15(2)38-16(3)33-26-19(28)11-18(12-22(26)38)25-20(29)13-32-27(36-25)35-24-7-6-17-14-37(9-4-5-23(30)31)10-8-21(17)34-24/h6-7,11-13,15H,4-5,8-10,14H2,1-3H3,(H3,30,31)(H,32,34,35,36). The molecular weight excluding hydrogens is 488 g/mol. The number of halogens is 2. The van der Waals surface area contributed by atoms with E-state index in [1.165, 1.54) is 6.07 Å². The van der Waals surface area contributed by atoms with Crippen LogP contribution in [0.25, 0.3) is 22.3 Å². The number of benzene rings is 1. The van der Waals surface area contributed by atoms with Gasteiger partial charge in [-0.1, -0.05) is 6.07 Å². The zero-order chi connectivity index (χ0) is 27.0. The Labute approximate surface area is 219 Å². The van der Waals surface area contributed by atoms with Gasteiger partial charge < -0.3 is 15.6 Å². The zero-order valence-corrected chi connectivity index (χ0v) is 21.7. The minimum absolute atomic E-state index is 0.00313. The lowest BCUT2D eigenvalue weighted by Crippen LogP contribution is -2.32. The number of nitrogens with one attached hydrogen (secondary N) is 2. The summed E-state index contributed by atoms with van der Waals surface area (Å²) in [6.07, 6.45) is 3.33. The van der Waals surface area contributed by atoms with Crippen molar-refractivity contribution in [3.05, 3.63) is 59.2 Å². The molecule has 9 nitrogen and oxygen atoms in total. The van der Waals surface area contributed by atoms with Gasteiger partial charge in [-0.05, 0) is 57.5 Å². The quantitative estimate of drug-likeness (QED) is 0.224. The van der Waals surface area contributed by atoms with Gasteiger partial charge in [-0.3, -0.25) is 10.3 Å². The van der Waals surface area contributed by atoms with Crippen LogP contribution in [0, 0.1) is 24.0 Å². The highest BCUT2D eigenvalue weighted by molar-refractivity contribution is 5.83. The zero-order valence-electron chi connectivity index (χ0n) is 21.7. The van der Waals surface area contributed by atoms with E-state index in [0.29, 0.717) is 29.1 Å². The van der Waals surface area contributed by atoms with E-state index >= 15 is 0 Å². The van der Waals surface area contributed by atoms with Crippen molar-refractivity contribution >= 4 is 28.6 Å². The second kappa shape index (κ2) is 10.4. The van der Waals surface area contributed by atoms with E-state index in [1.807, 2.05) is 37.5 Å². The highest BCUT2D eigenvalue weighted by atomic mass is 19.1. The monoisotopic (exact) mass is 519 g/mol. The molecule has 0 saturated heterocycles. The lowest BCUT2D eigenvalue weighted by atomic mass is 10.1. The summed E-state index contributed by atoms with van der Waals surface area (Å²) >= 11 is 0. The minimum Gasteiger partial charge on any atom is -0.388 e. The van der Waals surface area contributed by atoms with Crippen LogP contribution >= 0.6 is 0 Å². The average molecular weight is 520 g/mol. The van der Waals surface area contributed by atoms with Gasteiger partial charge >= 0.3 is 0 Å². The molecule has 0 atom stereocenters. The third kappa shape index (κ3) is 5.19. The highest BCUT2D eigenvalue weighted by Crippen LogP contribution is 2.30. The second-order valence-electron chi connectivity index (χ2n) is 9.92. The molecule has 4 heterocycles. The predicted octanol–water partition coefficient (Wildman–Crippen LogP) is 4.87. The molecule has 1 aromatic carbocycles. The van der Waals surface area contributed by atoms with Crippen molar-refractivity contribution < 1.29 is 8.78 Å². The molecule has 11 heteroatoms. The average Bonchev–Trinajstić information content (AvgIpc) is 3.21. The van der Waals surface area contributed by atoms with Gasteiger partial charge in [-0.2, -0.15) is 0 Å². The Hall–Kier alpha value is -3.99. The molecule has 198 valence electrons. The topological polar surface area (TPSA) is 122 Å². The Morgan fingerprint density at radius 1 is 1.16 bits per heavy atom. The molecule has 38 heavy (non-hydrogen) atoms. The number of nitrogens with zero attached hydrogens (tertiary/aromatic N) is 6. The van der Waals surface area contributed by atoms with E-state index in [-0.39, 0.29) is 29.0 Å². The van der Waals surface area contributed by atoms with Gasteiger partial charge in [0.05, 0.1) is 17.5 Å². The lowest BCUT2D eigenvalue weighted by Gasteiger charge is -2.28. The summed E-state index contributed by atoms with van der Waals surface area (Å²) in [5.74, 6) is 0.457. The van der Waals surface area contributed by atoms with Crippen molar-refractivity contribution in [2.24, 2.45) is 5.73 Å². The minimum atomic E-state index is -0.648. The van der Waals surface area contributed by atoms with Crippen LogP contribution in [-0.4, -0.2) is 48.3 Å². The molecule has 0 spiro atoms. The number of pyridine rings is 1. The summed E-state index contributed by atoms with van der Waals surface area (Å²) < 4.78 is 31.7. The van der Waals surface area contributed by atoms with E-state index in [4.69, 9.17) is 16.1 Å². The Balaban J connectivity index is 1.38. The Morgan fingerprint density at radius 2 is 1.97 bits per heavy atom. The summed E-state index contributed by atoms with van der Waals surface area (Å²) in [4.78, 5) is 19.9. The van der Waals surface area contributed by atoms with Crippen LogP contribution in [0.5, 0.6) is 0 Å². The largest absolute Gasteiger partial charge is 0.388 e. The summed E-state index contributed by atoms with van der Waals surface area (Å²) in [6.45, 7) is 8.35. The molecule has 0 amide bonds. The van der Waals surface area contributed by atoms with Crippen LogP contribution in [-0.2, 0) is 13.0 Å². The molecule has 0 radical (unpaired) electrons. The number of fused-ring (bicyclic) bond motifs is 2. The first-order valence-corrected chi connectivity index (χ1v) is 12.7. The normalized spacial score (nSPS) is 13.7. The molecule has 3 aromatic heterocycles. The summed E-state index contributed by atoms with van der Waals surface area (Å²) in [7, 11) is 0. The Kier molecular flexibility index (Phi) is 7.02. The predicted molar refractivity (Wildman–Crippen MR) is 143 cm³/mol. The van der Waals surface area contributed by atoms with Gasteiger partial charge in [0.2, 0.25) is 5.95 Å². The van der Waals surface area contributed by atoms with Gasteiger partial charge in [0, 0.05) is 43.2 Å². The maximum atomic E-state index is 15.0. The Morgan fingerprint density at radius 3 is 2.74 bits per heavy atom. The fourth-order valence-corrected chi connectivity index (χ4v) is 5.03. The molecule has 0 unspecified atom stereocenters. The fraction of sp³-hybridized carbons (Fsp3) is 0.370. The molecule has 4 aromatic rings. The van der Waals surface area contributed by atoms with Crippen LogP contribution in [0.3, 0.4) is 0 Å². The van der Waals surface area contributed by atoms with E-state index < -0.39 is 11.6 Å². The van der Waals surface area contributed by atoms with Crippen molar-refractivity contribution in [1.29, 1.82) is 5.41 Å². The van der Waals surface area contributed by atoms with Gasteiger partial charge in [-0.25, -0.2) is 28.7 Å². The molecule has 0 bridgehead atoms. The SMILES string of the molecule is Cc1nc2c(F)cc(-c3nc(Nc4ccc5c(n4)CCN(CCCC(=N)N)C5)ncc3F)cc2n1C(C)C. The number of rotatable bonds is 8. The first kappa shape index (κ1) is 25.7. The number of aromatic nitrogens is 5. The maximum absolute atomic E-state index is 15.0. The second-order valence-corrected chi connectivity index (χ2v) is 9.92. The van der Waals surface area contributed by atoms with Crippen molar-refractivity contribution in [2.75, 3.05) is 18.4 Å². The molecule has 1 aliphatic heterocycles. The smallest absolute Gasteiger partial charge is 0.229 e. The number of hydrogen-bond acceptors (Lipinski definition) is 7. The van der Waals surface area contributed by atoms with Gasteiger partial charge in [0.1, 0.15) is 22.9 Å². The molecule has 1 aliphatic rings. The summed E-state index contributed by atoms with van der Waals surface area (Å²) in [5.41, 5.74) is 8.74. The summed E-state index contributed by atoms with van der Waals surface area (Å²) in [6, 6.07) is 6.90.